The fourth-order valence-electron chi connectivity index (χ4n) is 2.35. The molecule has 0 fully saturated rings. The number of anilines is 1. The smallest absolute Gasteiger partial charge is 0.382 e. The van der Waals surface area contributed by atoms with Crippen LogP contribution in [0.25, 0.3) is 11.5 Å². The van der Waals surface area contributed by atoms with Gasteiger partial charge in [-0.1, -0.05) is 11.6 Å². The molecule has 0 saturated carbocycles. The number of hydrogen-bond donors (Lipinski definition) is 1. The van der Waals surface area contributed by atoms with Crippen molar-refractivity contribution >= 4 is 29.2 Å². The number of nitrogens with two attached hydrogens (primary N) is 1. The van der Waals surface area contributed by atoms with Crippen molar-refractivity contribution < 1.29 is 13.2 Å². The fraction of sp³-hybridized carbons (Fsp3) is 0.235. The summed E-state index contributed by atoms with van der Waals surface area (Å²) in [6.07, 6.45) is 3.64. The second-order valence-electron chi connectivity index (χ2n) is 5.55. The molecular formula is C17H13ClF3N5S. The summed E-state index contributed by atoms with van der Waals surface area (Å²) < 4.78 is 40.6. The lowest BCUT2D eigenvalue weighted by atomic mass is 10.2. The van der Waals surface area contributed by atoms with Gasteiger partial charge < -0.3 is 10.3 Å². The van der Waals surface area contributed by atoms with E-state index in [1.165, 1.54) is 12.4 Å². The molecule has 0 spiro atoms. The van der Waals surface area contributed by atoms with Gasteiger partial charge in [0.15, 0.2) is 22.5 Å². The number of halogens is 4. The minimum absolute atomic E-state index is 0.176. The second kappa shape index (κ2) is 7.66. The summed E-state index contributed by atoms with van der Waals surface area (Å²) in [4.78, 5) is 13.0. The van der Waals surface area contributed by atoms with Crippen molar-refractivity contribution in [3.8, 4) is 23.9 Å². The van der Waals surface area contributed by atoms with E-state index in [2.05, 4.69) is 20.9 Å². The maximum absolute atomic E-state index is 12.9. The van der Waals surface area contributed by atoms with E-state index in [-0.39, 0.29) is 20.9 Å². The van der Waals surface area contributed by atoms with Gasteiger partial charge in [-0.15, -0.1) is 12.3 Å². The molecule has 2 aliphatic rings. The van der Waals surface area contributed by atoms with Crippen molar-refractivity contribution in [1.29, 1.82) is 0 Å². The van der Waals surface area contributed by atoms with E-state index in [4.69, 9.17) is 23.8 Å². The number of alkyl halides is 3. The monoisotopic (exact) mass is 411 g/mol. The zero-order valence-corrected chi connectivity index (χ0v) is 15.4. The number of nitrogen functional groups attached to an aromatic ring is 1. The average molecular weight is 412 g/mol. The summed E-state index contributed by atoms with van der Waals surface area (Å²) in [5.41, 5.74) is 5.44. The number of nitrogens with zero attached hydrogens (tertiary/aromatic N) is 4. The molecule has 5 nitrogen and oxygen atoms in total. The molecule has 0 bridgehead atoms. The molecule has 1 aromatic rings. The number of terminal acetylenes is 1. The van der Waals surface area contributed by atoms with Crippen molar-refractivity contribution in [3.05, 3.63) is 35.1 Å². The zero-order valence-electron chi connectivity index (χ0n) is 13.8. The lowest BCUT2D eigenvalue weighted by Crippen LogP contribution is -2.08. The number of unbranched alkanes of at least 4 members (excludes halogenated alkanes) is 1. The molecule has 2 N–H and O–H groups in total. The number of benzene rings is 1. The van der Waals surface area contributed by atoms with E-state index in [0.717, 1.165) is 30.3 Å². The van der Waals surface area contributed by atoms with E-state index in [0.29, 0.717) is 24.5 Å². The predicted molar refractivity (Wildman–Crippen MR) is 97.5 cm³/mol. The van der Waals surface area contributed by atoms with Crippen molar-refractivity contribution in [2.45, 2.75) is 35.6 Å². The second-order valence-corrected chi connectivity index (χ2v) is 6.97. The molecule has 0 atom stereocenters. The fourth-order valence-corrected chi connectivity index (χ4v) is 3.40. The predicted octanol–water partition coefficient (Wildman–Crippen LogP) is 4.60. The molecule has 27 heavy (non-hydrogen) atoms. The highest BCUT2D eigenvalue weighted by atomic mass is 35.5. The Hall–Kier alpha value is -2.44. The molecule has 140 valence electrons. The molecule has 3 rings (SSSR count). The third-order valence-electron chi connectivity index (χ3n) is 3.65. The Bertz CT molecular complexity index is 980. The first kappa shape index (κ1) is 19.3. The van der Waals surface area contributed by atoms with E-state index in [1.807, 2.05) is 0 Å². The van der Waals surface area contributed by atoms with Crippen molar-refractivity contribution in [1.82, 2.24) is 19.5 Å². The van der Waals surface area contributed by atoms with Crippen LogP contribution < -0.4 is 5.73 Å². The zero-order chi connectivity index (χ0) is 19.6. The Morgan fingerprint density at radius 2 is 2.07 bits per heavy atom. The largest absolute Gasteiger partial charge is 0.416 e. The standard InChI is InChI=1S/C17H13ClF3N5S/c1-2-3-4-7-26-9-23-14(22)13-15(26)25-16(24-13)27-12-8-10(17(19,20)21)5-6-11(12)18/h1,5-6,8-9H,3-4,7,22H2. The molecule has 1 aromatic carbocycles. The van der Waals surface area contributed by atoms with Crippen molar-refractivity contribution in [3.63, 3.8) is 0 Å². The minimum atomic E-state index is -4.47. The molecule has 2 heterocycles. The van der Waals surface area contributed by atoms with E-state index < -0.39 is 11.7 Å². The van der Waals surface area contributed by atoms with Crippen LogP contribution in [0, 0.1) is 12.3 Å². The number of aromatic nitrogens is 4. The maximum Gasteiger partial charge on any atom is 0.416 e. The number of imidazole rings is 1. The Balaban J connectivity index is 1.94. The Morgan fingerprint density at radius 3 is 2.78 bits per heavy atom. The van der Waals surface area contributed by atoms with Crippen molar-refractivity contribution in [2.24, 2.45) is 0 Å². The van der Waals surface area contributed by atoms with Gasteiger partial charge in [-0.05, 0) is 36.4 Å². The average Bonchev–Trinajstić information content (AvgIpc) is 3.03. The van der Waals surface area contributed by atoms with Gasteiger partial charge in [-0.2, -0.15) is 13.2 Å². The molecule has 0 amide bonds. The molecule has 0 saturated heterocycles. The van der Waals surface area contributed by atoms with Crippen LogP contribution in [0.15, 0.2) is 34.6 Å². The van der Waals surface area contributed by atoms with Crippen LogP contribution in [0.5, 0.6) is 0 Å². The number of fused-ring (bicyclic) bond motifs is 1. The van der Waals surface area contributed by atoms with E-state index in [9.17, 15) is 13.2 Å². The summed E-state index contributed by atoms with van der Waals surface area (Å²) >= 11 is 6.97. The molecule has 10 heteroatoms. The number of aryl methyl sites for hydroxylation is 1. The summed E-state index contributed by atoms with van der Waals surface area (Å²) in [7, 11) is 0. The van der Waals surface area contributed by atoms with Crippen LogP contribution in [-0.4, -0.2) is 19.5 Å². The van der Waals surface area contributed by atoms with Gasteiger partial charge in [-0.25, -0.2) is 15.0 Å². The Morgan fingerprint density at radius 1 is 1.30 bits per heavy atom. The SMILES string of the molecule is C#CCCCn1cnc(N)c2nc(Sc3cc(C(F)(F)F)ccc3Cl)nc1-2. The van der Waals surface area contributed by atoms with Crippen LogP contribution in [0.2, 0.25) is 5.02 Å². The van der Waals surface area contributed by atoms with E-state index >= 15 is 0 Å². The molecule has 2 aliphatic heterocycles. The Labute approximate surface area is 162 Å². The van der Waals surface area contributed by atoms with Crippen LogP contribution in [-0.2, 0) is 12.7 Å². The van der Waals surface area contributed by atoms with Crippen LogP contribution in [0.1, 0.15) is 18.4 Å². The number of hydrogen-bond acceptors (Lipinski definition) is 5. The van der Waals surface area contributed by atoms with Gasteiger partial charge in [0.1, 0.15) is 0 Å². The first-order chi connectivity index (χ1) is 12.8. The number of rotatable bonds is 5. The highest BCUT2D eigenvalue weighted by Crippen LogP contribution is 2.39. The quantitative estimate of drug-likeness (QED) is 0.491. The highest BCUT2D eigenvalue weighted by molar-refractivity contribution is 7.99. The maximum atomic E-state index is 12.9. The normalized spacial score (nSPS) is 11.7. The van der Waals surface area contributed by atoms with Gasteiger partial charge >= 0.3 is 6.18 Å². The van der Waals surface area contributed by atoms with Crippen LogP contribution in [0.4, 0.5) is 19.0 Å². The summed E-state index contributed by atoms with van der Waals surface area (Å²) in [6.45, 7) is 0.571. The molecular weight excluding hydrogens is 399 g/mol. The molecule has 0 aromatic heterocycles. The van der Waals surface area contributed by atoms with Crippen LogP contribution >= 0.6 is 23.4 Å². The summed E-state index contributed by atoms with van der Waals surface area (Å²) in [6, 6.07) is 3.10. The van der Waals surface area contributed by atoms with Gasteiger partial charge in [0.05, 0.1) is 16.9 Å². The topological polar surface area (TPSA) is 69.6 Å². The molecule has 0 aliphatic carbocycles. The molecule has 0 radical (unpaired) electrons. The molecule has 0 unspecified atom stereocenters. The highest BCUT2D eigenvalue weighted by Gasteiger charge is 2.31. The van der Waals surface area contributed by atoms with Gasteiger partial charge in [-0.3, -0.25) is 0 Å². The first-order valence-electron chi connectivity index (χ1n) is 7.76. The first-order valence-corrected chi connectivity index (χ1v) is 8.95. The third-order valence-corrected chi connectivity index (χ3v) is 5.02. The minimum Gasteiger partial charge on any atom is -0.382 e. The van der Waals surface area contributed by atoms with Gasteiger partial charge in [0, 0.05) is 17.9 Å². The third kappa shape index (κ3) is 4.28. The summed E-state index contributed by atoms with van der Waals surface area (Å²) in [5.74, 6) is 3.23. The Kier molecular flexibility index (Phi) is 5.48. The van der Waals surface area contributed by atoms with E-state index in [1.54, 1.807) is 4.57 Å². The summed E-state index contributed by atoms with van der Waals surface area (Å²) in [5, 5.41) is 0.409. The van der Waals surface area contributed by atoms with Crippen LogP contribution in [0.3, 0.4) is 0 Å². The van der Waals surface area contributed by atoms with Crippen molar-refractivity contribution in [2.75, 3.05) is 5.73 Å². The lowest BCUT2D eigenvalue weighted by Gasteiger charge is -2.09. The van der Waals surface area contributed by atoms with Gasteiger partial charge in [0.25, 0.3) is 0 Å². The van der Waals surface area contributed by atoms with Gasteiger partial charge in [0.2, 0.25) is 0 Å². The lowest BCUT2D eigenvalue weighted by molar-refractivity contribution is -0.137.